The van der Waals surface area contributed by atoms with Crippen LogP contribution >= 0.6 is 0 Å². The molecule has 0 unspecified atom stereocenters. The lowest BCUT2D eigenvalue weighted by Gasteiger charge is -2.21. The van der Waals surface area contributed by atoms with Crippen molar-refractivity contribution >= 4 is 17.8 Å². The molecule has 0 saturated heterocycles. The number of nitrogens with one attached hydrogen (secondary N) is 1. The van der Waals surface area contributed by atoms with E-state index >= 15 is 0 Å². The van der Waals surface area contributed by atoms with Crippen LogP contribution in [0.2, 0.25) is 0 Å². The van der Waals surface area contributed by atoms with Gasteiger partial charge in [0.15, 0.2) is 11.4 Å². The van der Waals surface area contributed by atoms with Crippen molar-refractivity contribution < 1.29 is 24.2 Å². The highest BCUT2D eigenvalue weighted by Crippen LogP contribution is 2.20. The van der Waals surface area contributed by atoms with Crippen molar-refractivity contribution in [1.29, 1.82) is 0 Å². The Morgan fingerprint density at radius 3 is 2.27 bits per heavy atom. The summed E-state index contributed by atoms with van der Waals surface area (Å²) in [6.07, 6.45) is 0. The zero-order valence-electron chi connectivity index (χ0n) is 16.4. The van der Waals surface area contributed by atoms with Gasteiger partial charge in [-0.1, -0.05) is 60.7 Å². The van der Waals surface area contributed by atoms with Crippen LogP contribution in [0.1, 0.15) is 33.5 Å². The summed E-state index contributed by atoms with van der Waals surface area (Å²) in [5, 5.41) is 9.58. The molecule has 2 aromatic carbocycles. The van der Waals surface area contributed by atoms with Gasteiger partial charge in [-0.15, -0.1) is 0 Å². The Morgan fingerprint density at radius 2 is 1.67 bits per heavy atom. The number of esters is 1. The van der Waals surface area contributed by atoms with Crippen molar-refractivity contribution in [2.75, 3.05) is 13.2 Å². The van der Waals surface area contributed by atoms with Gasteiger partial charge in [0.2, 0.25) is 0 Å². The number of rotatable bonds is 8. The Balaban J connectivity index is 1.97. The Bertz CT molecular complexity index is 1030. The molecule has 0 spiro atoms. The number of carbonyl (C=O) groups excluding carboxylic acids is 2. The van der Waals surface area contributed by atoms with Crippen LogP contribution in [-0.4, -0.2) is 51.0 Å². The number of aromatic amines is 1. The Labute approximate surface area is 173 Å². The summed E-state index contributed by atoms with van der Waals surface area (Å²) in [5.41, 5.74) is 0.826. The highest BCUT2D eigenvalue weighted by atomic mass is 16.5. The summed E-state index contributed by atoms with van der Waals surface area (Å²) in [4.78, 5) is 45.2. The van der Waals surface area contributed by atoms with Crippen LogP contribution in [0, 0.1) is 0 Å². The normalized spacial score (nSPS) is 10.4. The average molecular weight is 407 g/mol. The van der Waals surface area contributed by atoms with E-state index < -0.39 is 17.8 Å². The number of nitrogens with zero attached hydrogens (tertiary/aromatic N) is 2. The molecule has 8 heteroatoms. The number of aromatic nitrogens is 2. The van der Waals surface area contributed by atoms with Gasteiger partial charge in [0.05, 0.1) is 6.61 Å². The van der Waals surface area contributed by atoms with Crippen LogP contribution in [0.5, 0.6) is 0 Å². The first-order valence-corrected chi connectivity index (χ1v) is 9.37. The highest BCUT2D eigenvalue weighted by Gasteiger charge is 2.28. The summed E-state index contributed by atoms with van der Waals surface area (Å²) in [6.45, 7) is 1.62. The molecule has 0 aliphatic rings. The van der Waals surface area contributed by atoms with Gasteiger partial charge in [0.25, 0.3) is 5.91 Å². The minimum absolute atomic E-state index is 0.102. The second-order valence-corrected chi connectivity index (χ2v) is 6.43. The molecule has 1 amide bonds. The maximum Gasteiger partial charge on any atom is 0.354 e. The molecule has 0 saturated carbocycles. The van der Waals surface area contributed by atoms with Gasteiger partial charge < -0.3 is 19.7 Å². The molecule has 1 aromatic heterocycles. The summed E-state index contributed by atoms with van der Waals surface area (Å²) in [7, 11) is 0. The molecule has 0 aliphatic carbocycles. The fourth-order valence-corrected chi connectivity index (χ4v) is 2.93. The van der Waals surface area contributed by atoms with Crippen LogP contribution < -0.4 is 0 Å². The number of H-pyrrole nitrogens is 1. The van der Waals surface area contributed by atoms with E-state index in [1.54, 1.807) is 31.2 Å². The predicted molar refractivity (Wildman–Crippen MR) is 109 cm³/mol. The number of imidazole rings is 1. The lowest BCUT2D eigenvalue weighted by atomic mass is 10.2. The molecule has 2 N–H and O–H groups in total. The molecule has 8 nitrogen and oxygen atoms in total. The number of aromatic carboxylic acids is 1. The van der Waals surface area contributed by atoms with E-state index in [0.717, 1.165) is 5.56 Å². The van der Waals surface area contributed by atoms with E-state index in [2.05, 4.69) is 9.97 Å². The van der Waals surface area contributed by atoms with Crippen LogP contribution in [0.4, 0.5) is 0 Å². The van der Waals surface area contributed by atoms with E-state index in [1.165, 1.54) is 4.90 Å². The number of ether oxygens (including phenoxy) is 1. The zero-order chi connectivity index (χ0) is 21.5. The minimum Gasteiger partial charge on any atom is -0.477 e. The van der Waals surface area contributed by atoms with Crippen LogP contribution in [0.15, 0.2) is 60.7 Å². The number of benzene rings is 2. The third-order valence-electron chi connectivity index (χ3n) is 4.30. The standard InChI is InChI=1S/C22H21N3O5/c1-2-30-17(26)14-25(13-15-9-5-3-6-10-15)21(27)18-19(22(28)29)24-20(23-18)16-11-7-4-8-12-16/h3-12H,2,13-14H2,1H3,(H,23,24)(H,28,29). The smallest absolute Gasteiger partial charge is 0.354 e. The quantitative estimate of drug-likeness (QED) is 0.555. The summed E-state index contributed by atoms with van der Waals surface area (Å²) in [6, 6.07) is 18.0. The van der Waals surface area contributed by atoms with Gasteiger partial charge in [-0.05, 0) is 12.5 Å². The molecular weight excluding hydrogens is 386 g/mol. The Morgan fingerprint density at radius 1 is 1.03 bits per heavy atom. The summed E-state index contributed by atoms with van der Waals surface area (Å²) >= 11 is 0. The first-order chi connectivity index (χ1) is 14.5. The predicted octanol–water partition coefficient (Wildman–Crippen LogP) is 2.98. The lowest BCUT2D eigenvalue weighted by molar-refractivity contribution is -0.143. The molecule has 154 valence electrons. The van der Waals surface area contributed by atoms with Crippen LogP contribution in [0.3, 0.4) is 0 Å². The SMILES string of the molecule is CCOC(=O)CN(Cc1ccccc1)C(=O)c1nc(-c2ccccc2)[nH]c1C(=O)O. The third-order valence-corrected chi connectivity index (χ3v) is 4.30. The van der Waals surface area contributed by atoms with E-state index in [4.69, 9.17) is 4.74 Å². The van der Waals surface area contributed by atoms with Gasteiger partial charge in [-0.25, -0.2) is 9.78 Å². The third kappa shape index (κ3) is 4.91. The molecule has 0 bridgehead atoms. The molecule has 0 aliphatic heterocycles. The molecule has 1 heterocycles. The van der Waals surface area contributed by atoms with Crippen LogP contribution in [-0.2, 0) is 16.1 Å². The maximum atomic E-state index is 13.2. The van der Waals surface area contributed by atoms with E-state index in [-0.39, 0.29) is 36.9 Å². The second kappa shape index (κ2) is 9.51. The van der Waals surface area contributed by atoms with Gasteiger partial charge in [-0.3, -0.25) is 9.59 Å². The number of amides is 1. The van der Waals surface area contributed by atoms with Crippen molar-refractivity contribution in [2.24, 2.45) is 0 Å². The van der Waals surface area contributed by atoms with Crippen LogP contribution in [0.25, 0.3) is 11.4 Å². The molecule has 0 atom stereocenters. The molecular formula is C22H21N3O5. The monoisotopic (exact) mass is 407 g/mol. The summed E-state index contributed by atoms with van der Waals surface area (Å²) < 4.78 is 4.97. The fourth-order valence-electron chi connectivity index (χ4n) is 2.93. The Kier molecular flexibility index (Phi) is 6.59. The van der Waals surface area contributed by atoms with E-state index in [1.807, 2.05) is 36.4 Å². The first kappa shape index (κ1) is 20.8. The van der Waals surface area contributed by atoms with Crippen molar-refractivity contribution in [3.63, 3.8) is 0 Å². The second-order valence-electron chi connectivity index (χ2n) is 6.43. The molecule has 3 rings (SSSR count). The maximum absolute atomic E-state index is 13.2. The number of carboxylic acid groups (broad SMARTS) is 1. The van der Waals surface area contributed by atoms with Gasteiger partial charge >= 0.3 is 11.9 Å². The first-order valence-electron chi connectivity index (χ1n) is 9.37. The van der Waals surface area contributed by atoms with Crippen molar-refractivity contribution in [3.8, 4) is 11.4 Å². The van der Waals surface area contributed by atoms with Gasteiger partial charge in [0, 0.05) is 12.1 Å². The topological polar surface area (TPSA) is 113 Å². The van der Waals surface area contributed by atoms with Crippen molar-refractivity contribution in [2.45, 2.75) is 13.5 Å². The van der Waals surface area contributed by atoms with Gasteiger partial charge in [-0.2, -0.15) is 0 Å². The highest BCUT2D eigenvalue weighted by molar-refractivity contribution is 6.03. The zero-order valence-corrected chi connectivity index (χ0v) is 16.4. The number of hydrogen-bond donors (Lipinski definition) is 2. The Hall–Kier alpha value is -3.94. The fraction of sp³-hybridized carbons (Fsp3) is 0.182. The summed E-state index contributed by atoms with van der Waals surface area (Å²) in [5.74, 6) is -2.32. The lowest BCUT2D eigenvalue weighted by Crippen LogP contribution is -2.37. The average Bonchev–Trinajstić information content (AvgIpc) is 3.20. The number of carboxylic acids is 1. The van der Waals surface area contributed by atoms with E-state index in [0.29, 0.717) is 5.56 Å². The molecule has 0 fully saturated rings. The van der Waals surface area contributed by atoms with E-state index in [9.17, 15) is 19.5 Å². The number of hydrogen-bond acceptors (Lipinski definition) is 5. The van der Waals surface area contributed by atoms with Crippen molar-refractivity contribution in [3.05, 3.63) is 77.6 Å². The van der Waals surface area contributed by atoms with Gasteiger partial charge in [0.1, 0.15) is 12.4 Å². The molecule has 30 heavy (non-hydrogen) atoms. The molecule has 3 aromatic rings. The minimum atomic E-state index is -1.32. The largest absolute Gasteiger partial charge is 0.477 e. The number of carbonyl (C=O) groups is 3. The van der Waals surface area contributed by atoms with Crippen molar-refractivity contribution in [1.82, 2.24) is 14.9 Å². The molecule has 0 radical (unpaired) electrons.